The quantitative estimate of drug-likeness (QED) is 0.676. The third-order valence-corrected chi connectivity index (χ3v) is 5.20. The summed E-state index contributed by atoms with van der Waals surface area (Å²) in [5.74, 6) is 0.384. The summed E-state index contributed by atoms with van der Waals surface area (Å²) in [4.78, 5) is 14.5. The first-order chi connectivity index (χ1) is 12.2. The first-order valence-corrected chi connectivity index (χ1v) is 9.08. The molecule has 2 aromatic carbocycles. The smallest absolute Gasteiger partial charge is 0.237 e. The number of para-hydroxylation sites is 2. The van der Waals surface area contributed by atoms with Crippen LogP contribution in [-0.4, -0.2) is 38.4 Å². The number of carbonyl (C=O) groups is 1. The zero-order chi connectivity index (χ0) is 17.2. The maximum atomic E-state index is 12.6. The number of thioether (sulfide) groups is 1. The van der Waals surface area contributed by atoms with Gasteiger partial charge >= 0.3 is 0 Å². The molecule has 0 N–H and O–H groups in total. The number of aryl methyl sites for hydroxylation is 1. The molecule has 1 aliphatic rings. The van der Waals surface area contributed by atoms with Crippen molar-refractivity contribution in [3.8, 4) is 5.69 Å². The standard InChI is InChI=1S/C18H17N5OS/c1-13-6-2-4-8-15(13)23-18(19-20-21-23)25-12-17(24)22-11-10-14-7-3-5-9-16(14)22/h2-9H,10-12H2,1H3. The van der Waals surface area contributed by atoms with E-state index in [-0.39, 0.29) is 5.91 Å². The molecule has 0 atom stereocenters. The fourth-order valence-corrected chi connectivity index (χ4v) is 3.78. The first-order valence-electron chi connectivity index (χ1n) is 8.09. The molecule has 1 amide bonds. The van der Waals surface area contributed by atoms with Crippen molar-refractivity contribution < 1.29 is 4.79 Å². The Labute approximate surface area is 149 Å². The van der Waals surface area contributed by atoms with Crippen molar-refractivity contribution in [1.82, 2.24) is 20.2 Å². The van der Waals surface area contributed by atoms with Crippen molar-refractivity contribution in [3.63, 3.8) is 0 Å². The van der Waals surface area contributed by atoms with E-state index in [9.17, 15) is 4.79 Å². The van der Waals surface area contributed by atoms with Crippen LogP contribution in [0.25, 0.3) is 5.69 Å². The molecular weight excluding hydrogens is 334 g/mol. The SMILES string of the molecule is Cc1ccccc1-n1nnnc1SCC(=O)N1CCc2ccccc21. The second-order valence-electron chi connectivity index (χ2n) is 5.87. The van der Waals surface area contributed by atoms with E-state index in [0.717, 1.165) is 29.9 Å². The van der Waals surface area contributed by atoms with Crippen molar-refractivity contribution in [3.05, 3.63) is 59.7 Å². The molecule has 7 heteroatoms. The number of benzene rings is 2. The van der Waals surface area contributed by atoms with Gasteiger partial charge < -0.3 is 4.90 Å². The minimum atomic E-state index is 0.0780. The minimum Gasteiger partial charge on any atom is -0.311 e. The van der Waals surface area contributed by atoms with Gasteiger partial charge in [-0.1, -0.05) is 48.2 Å². The lowest BCUT2D eigenvalue weighted by atomic mass is 10.2. The van der Waals surface area contributed by atoms with Crippen molar-refractivity contribution in [2.75, 3.05) is 17.2 Å². The molecule has 0 bridgehead atoms. The van der Waals surface area contributed by atoms with Crippen LogP contribution in [0.4, 0.5) is 5.69 Å². The monoisotopic (exact) mass is 351 g/mol. The molecule has 1 aliphatic heterocycles. The van der Waals surface area contributed by atoms with Gasteiger partial charge in [0.1, 0.15) is 0 Å². The highest BCUT2D eigenvalue weighted by atomic mass is 32.2. The zero-order valence-electron chi connectivity index (χ0n) is 13.8. The van der Waals surface area contributed by atoms with Crippen molar-refractivity contribution in [2.24, 2.45) is 0 Å². The Balaban J connectivity index is 1.49. The molecule has 25 heavy (non-hydrogen) atoms. The number of hydrogen-bond acceptors (Lipinski definition) is 5. The van der Waals surface area contributed by atoms with Gasteiger partial charge in [-0.05, 0) is 47.0 Å². The summed E-state index contributed by atoms with van der Waals surface area (Å²) in [6, 6.07) is 16.0. The highest BCUT2D eigenvalue weighted by molar-refractivity contribution is 7.99. The largest absolute Gasteiger partial charge is 0.311 e. The average Bonchev–Trinajstić information content (AvgIpc) is 3.27. The summed E-state index contributed by atoms with van der Waals surface area (Å²) in [6.45, 7) is 2.75. The zero-order valence-corrected chi connectivity index (χ0v) is 14.6. The van der Waals surface area contributed by atoms with Crippen LogP contribution in [-0.2, 0) is 11.2 Å². The molecule has 1 aromatic heterocycles. The molecule has 0 spiro atoms. The summed E-state index contributed by atoms with van der Waals surface area (Å²) >= 11 is 1.36. The molecule has 126 valence electrons. The van der Waals surface area contributed by atoms with Crippen LogP contribution in [0.15, 0.2) is 53.7 Å². The molecule has 3 aromatic rings. The molecule has 0 saturated heterocycles. The number of carbonyl (C=O) groups excluding carboxylic acids is 1. The number of amides is 1. The normalized spacial score (nSPS) is 13.1. The van der Waals surface area contributed by atoms with E-state index < -0.39 is 0 Å². The highest BCUT2D eigenvalue weighted by Gasteiger charge is 2.24. The van der Waals surface area contributed by atoms with Gasteiger partial charge in [0.25, 0.3) is 0 Å². The Morgan fingerprint density at radius 3 is 2.72 bits per heavy atom. The number of anilines is 1. The number of nitrogens with zero attached hydrogens (tertiary/aromatic N) is 5. The summed E-state index contributed by atoms with van der Waals surface area (Å²) in [6.07, 6.45) is 0.910. The van der Waals surface area contributed by atoms with Crippen LogP contribution in [0.2, 0.25) is 0 Å². The van der Waals surface area contributed by atoms with Crippen molar-refractivity contribution >= 4 is 23.4 Å². The van der Waals surface area contributed by atoms with Gasteiger partial charge in [0.15, 0.2) is 0 Å². The van der Waals surface area contributed by atoms with E-state index in [4.69, 9.17) is 0 Å². The lowest BCUT2D eigenvalue weighted by Crippen LogP contribution is -2.30. The number of fused-ring (bicyclic) bond motifs is 1. The van der Waals surface area contributed by atoms with Gasteiger partial charge in [-0.25, -0.2) is 0 Å². The molecule has 4 rings (SSSR count). The van der Waals surface area contributed by atoms with Gasteiger partial charge in [0.05, 0.1) is 11.4 Å². The maximum Gasteiger partial charge on any atom is 0.237 e. The lowest BCUT2D eigenvalue weighted by molar-refractivity contribution is -0.116. The third kappa shape index (κ3) is 3.02. The molecule has 6 nitrogen and oxygen atoms in total. The van der Waals surface area contributed by atoms with Crippen LogP contribution in [0.5, 0.6) is 0 Å². The van der Waals surface area contributed by atoms with Gasteiger partial charge in [0.2, 0.25) is 11.1 Å². The number of aromatic nitrogens is 4. The van der Waals surface area contributed by atoms with E-state index in [0.29, 0.717) is 10.9 Å². The Bertz CT molecular complexity index is 923. The molecule has 0 unspecified atom stereocenters. The van der Waals surface area contributed by atoms with Crippen molar-refractivity contribution in [1.29, 1.82) is 0 Å². The molecule has 2 heterocycles. The molecular formula is C18H17N5OS. The molecule has 0 aliphatic carbocycles. The average molecular weight is 351 g/mol. The Kier molecular flexibility index (Phi) is 4.23. The van der Waals surface area contributed by atoms with E-state index in [2.05, 4.69) is 21.6 Å². The van der Waals surface area contributed by atoms with Gasteiger partial charge in [-0.2, -0.15) is 4.68 Å². The first kappa shape index (κ1) is 15.8. The second kappa shape index (κ2) is 6.68. The van der Waals surface area contributed by atoms with Crippen LogP contribution < -0.4 is 4.90 Å². The van der Waals surface area contributed by atoms with E-state index in [1.54, 1.807) is 4.68 Å². The maximum absolute atomic E-state index is 12.6. The van der Waals surface area contributed by atoms with Crippen LogP contribution >= 0.6 is 11.8 Å². The summed E-state index contributed by atoms with van der Waals surface area (Å²) < 4.78 is 1.69. The highest BCUT2D eigenvalue weighted by Crippen LogP contribution is 2.29. The van der Waals surface area contributed by atoms with Gasteiger partial charge in [-0.15, -0.1) is 5.10 Å². The summed E-state index contributed by atoms with van der Waals surface area (Å²) in [7, 11) is 0. The van der Waals surface area contributed by atoms with Crippen molar-refractivity contribution in [2.45, 2.75) is 18.5 Å². The minimum absolute atomic E-state index is 0.0780. The van der Waals surface area contributed by atoms with E-state index in [1.165, 1.54) is 17.3 Å². The lowest BCUT2D eigenvalue weighted by Gasteiger charge is -2.16. The summed E-state index contributed by atoms with van der Waals surface area (Å²) in [5, 5.41) is 12.5. The van der Waals surface area contributed by atoms with Crippen LogP contribution in [0.1, 0.15) is 11.1 Å². The Morgan fingerprint density at radius 1 is 1.12 bits per heavy atom. The third-order valence-electron chi connectivity index (χ3n) is 4.30. The van der Waals surface area contributed by atoms with Gasteiger partial charge in [-0.3, -0.25) is 4.79 Å². The molecule has 0 radical (unpaired) electrons. The molecule has 0 fully saturated rings. The van der Waals surface area contributed by atoms with Crippen LogP contribution in [0.3, 0.4) is 0 Å². The number of rotatable bonds is 4. The fraction of sp³-hybridized carbons (Fsp3) is 0.222. The van der Waals surface area contributed by atoms with Crippen LogP contribution in [0, 0.1) is 6.92 Å². The Morgan fingerprint density at radius 2 is 1.88 bits per heavy atom. The summed E-state index contributed by atoms with van der Waals surface area (Å²) in [5.41, 5.74) is 4.25. The fourth-order valence-electron chi connectivity index (χ4n) is 3.02. The number of tetrazole rings is 1. The Hall–Kier alpha value is -2.67. The second-order valence-corrected chi connectivity index (χ2v) is 6.82. The topological polar surface area (TPSA) is 63.9 Å². The van der Waals surface area contributed by atoms with E-state index in [1.807, 2.05) is 54.3 Å². The van der Waals surface area contributed by atoms with E-state index >= 15 is 0 Å². The predicted octanol–water partition coefficient (Wildman–Crippen LogP) is 2.65. The molecule has 0 saturated carbocycles. The van der Waals surface area contributed by atoms with Gasteiger partial charge in [0, 0.05) is 12.2 Å². The predicted molar refractivity (Wildman–Crippen MR) is 97.1 cm³/mol. The number of hydrogen-bond donors (Lipinski definition) is 0.